The molecule has 0 spiro atoms. The quantitative estimate of drug-likeness (QED) is 0.819. The van der Waals surface area contributed by atoms with Crippen molar-refractivity contribution in [2.24, 2.45) is 5.73 Å². The molecule has 6 heteroatoms. The molecule has 1 atom stereocenters. The standard InChI is InChI=1S/C14H25N3O2.ClH/c1-2-12(17-9-3-4-13(17)18)14(19)16-11-7-5-10(15)6-8-11;/h10-12H,2-9,15H2,1H3,(H,16,19);1H. The summed E-state index contributed by atoms with van der Waals surface area (Å²) in [5.41, 5.74) is 5.87. The summed E-state index contributed by atoms with van der Waals surface area (Å²) in [6.07, 6.45) is 6.01. The van der Waals surface area contributed by atoms with Gasteiger partial charge in [-0.25, -0.2) is 0 Å². The SMILES string of the molecule is CCC(C(=O)NC1CCC(N)CC1)N1CCCC1=O.Cl. The molecule has 0 aromatic heterocycles. The second-order valence-electron chi connectivity index (χ2n) is 5.74. The molecule has 1 aliphatic carbocycles. The van der Waals surface area contributed by atoms with Crippen molar-refractivity contribution in [3.63, 3.8) is 0 Å². The Morgan fingerprint density at radius 2 is 2.05 bits per heavy atom. The highest BCUT2D eigenvalue weighted by Crippen LogP contribution is 2.19. The average molecular weight is 304 g/mol. The Hall–Kier alpha value is -0.810. The molecule has 2 rings (SSSR count). The summed E-state index contributed by atoms with van der Waals surface area (Å²) in [4.78, 5) is 25.8. The highest BCUT2D eigenvalue weighted by Gasteiger charge is 2.32. The first-order valence-corrected chi connectivity index (χ1v) is 7.47. The minimum atomic E-state index is -0.286. The number of halogens is 1. The van der Waals surface area contributed by atoms with E-state index in [4.69, 9.17) is 5.73 Å². The molecule has 0 aromatic carbocycles. The lowest BCUT2D eigenvalue weighted by Crippen LogP contribution is -2.51. The molecule has 1 aliphatic heterocycles. The predicted molar refractivity (Wildman–Crippen MR) is 80.6 cm³/mol. The highest BCUT2D eigenvalue weighted by atomic mass is 35.5. The first kappa shape index (κ1) is 17.2. The first-order valence-electron chi connectivity index (χ1n) is 7.47. The van der Waals surface area contributed by atoms with Crippen LogP contribution in [0.4, 0.5) is 0 Å². The zero-order chi connectivity index (χ0) is 13.8. The van der Waals surface area contributed by atoms with E-state index in [-0.39, 0.29) is 42.3 Å². The van der Waals surface area contributed by atoms with Gasteiger partial charge in [0.25, 0.3) is 0 Å². The average Bonchev–Trinajstić information content (AvgIpc) is 2.80. The first-order chi connectivity index (χ1) is 9.11. The third-order valence-electron chi connectivity index (χ3n) is 4.29. The van der Waals surface area contributed by atoms with Gasteiger partial charge in [-0.2, -0.15) is 0 Å². The molecule has 1 saturated carbocycles. The van der Waals surface area contributed by atoms with Crippen molar-refractivity contribution >= 4 is 24.2 Å². The maximum atomic E-state index is 12.3. The molecule has 1 saturated heterocycles. The second-order valence-corrected chi connectivity index (χ2v) is 5.74. The Labute approximate surface area is 127 Å². The Morgan fingerprint density at radius 1 is 1.40 bits per heavy atom. The largest absolute Gasteiger partial charge is 0.352 e. The smallest absolute Gasteiger partial charge is 0.243 e. The van der Waals surface area contributed by atoms with E-state index in [1.165, 1.54) is 0 Å². The Kier molecular flexibility index (Phi) is 6.76. The van der Waals surface area contributed by atoms with Gasteiger partial charge in [0.15, 0.2) is 0 Å². The highest BCUT2D eigenvalue weighted by molar-refractivity contribution is 5.88. The van der Waals surface area contributed by atoms with E-state index >= 15 is 0 Å². The van der Waals surface area contributed by atoms with E-state index in [0.29, 0.717) is 12.8 Å². The van der Waals surface area contributed by atoms with Crippen LogP contribution in [0.1, 0.15) is 51.9 Å². The zero-order valence-corrected chi connectivity index (χ0v) is 13.0. The van der Waals surface area contributed by atoms with Crippen LogP contribution in [0.5, 0.6) is 0 Å². The molecule has 2 aliphatic rings. The minimum Gasteiger partial charge on any atom is -0.352 e. The zero-order valence-electron chi connectivity index (χ0n) is 12.1. The number of carbonyl (C=O) groups is 2. The van der Waals surface area contributed by atoms with Crippen molar-refractivity contribution in [2.45, 2.75) is 70.0 Å². The van der Waals surface area contributed by atoms with Crippen molar-refractivity contribution in [3.05, 3.63) is 0 Å². The number of rotatable bonds is 4. The molecule has 5 nitrogen and oxygen atoms in total. The molecule has 2 amide bonds. The third kappa shape index (κ3) is 4.09. The third-order valence-corrected chi connectivity index (χ3v) is 4.29. The summed E-state index contributed by atoms with van der Waals surface area (Å²) in [6.45, 7) is 2.69. The molecule has 0 bridgehead atoms. The van der Waals surface area contributed by atoms with Gasteiger partial charge >= 0.3 is 0 Å². The monoisotopic (exact) mass is 303 g/mol. The lowest BCUT2D eigenvalue weighted by molar-refractivity contribution is -0.138. The van der Waals surface area contributed by atoms with Gasteiger partial charge < -0.3 is 16.0 Å². The summed E-state index contributed by atoms with van der Waals surface area (Å²) < 4.78 is 0. The van der Waals surface area contributed by atoms with Gasteiger partial charge in [0.2, 0.25) is 11.8 Å². The van der Waals surface area contributed by atoms with Crippen LogP contribution >= 0.6 is 12.4 Å². The van der Waals surface area contributed by atoms with Crippen LogP contribution in [0.25, 0.3) is 0 Å². The van der Waals surface area contributed by atoms with Gasteiger partial charge in [0, 0.05) is 25.0 Å². The number of hydrogen-bond acceptors (Lipinski definition) is 3. The van der Waals surface area contributed by atoms with E-state index in [0.717, 1.165) is 38.6 Å². The van der Waals surface area contributed by atoms with Crippen molar-refractivity contribution in [2.75, 3.05) is 6.54 Å². The van der Waals surface area contributed by atoms with Crippen LogP contribution in [0.3, 0.4) is 0 Å². The van der Waals surface area contributed by atoms with Crippen molar-refractivity contribution in [3.8, 4) is 0 Å². The van der Waals surface area contributed by atoms with Crippen LogP contribution in [0, 0.1) is 0 Å². The number of nitrogens with two attached hydrogens (primary N) is 1. The second kappa shape index (κ2) is 7.84. The number of nitrogens with zero attached hydrogens (tertiary/aromatic N) is 1. The summed E-state index contributed by atoms with van der Waals surface area (Å²) in [5.74, 6) is 0.130. The van der Waals surface area contributed by atoms with Gasteiger partial charge in [0.05, 0.1) is 0 Å². The summed E-state index contributed by atoms with van der Waals surface area (Å²) >= 11 is 0. The number of nitrogens with one attached hydrogen (secondary N) is 1. The van der Waals surface area contributed by atoms with Gasteiger partial charge in [-0.05, 0) is 38.5 Å². The van der Waals surface area contributed by atoms with Crippen LogP contribution in [0.15, 0.2) is 0 Å². The number of amides is 2. The van der Waals surface area contributed by atoms with E-state index < -0.39 is 0 Å². The number of likely N-dealkylation sites (tertiary alicyclic amines) is 1. The summed E-state index contributed by atoms with van der Waals surface area (Å²) in [6, 6.07) is 0.236. The van der Waals surface area contributed by atoms with Crippen LogP contribution in [-0.4, -0.2) is 41.4 Å². The Balaban J connectivity index is 0.00000200. The van der Waals surface area contributed by atoms with Gasteiger partial charge in [-0.15, -0.1) is 12.4 Å². The molecule has 2 fully saturated rings. The lowest BCUT2D eigenvalue weighted by Gasteiger charge is -2.31. The Bertz CT molecular complexity index is 343. The summed E-state index contributed by atoms with van der Waals surface area (Å²) in [5, 5.41) is 3.10. The number of hydrogen-bond donors (Lipinski definition) is 2. The molecule has 20 heavy (non-hydrogen) atoms. The molecule has 116 valence electrons. The predicted octanol–water partition coefficient (Wildman–Crippen LogP) is 1.20. The molecule has 1 unspecified atom stereocenters. The fraction of sp³-hybridized carbons (Fsp3) is 0.857. The van der Waals surface area contributed by atoms with Crippen molar-refractivity contribution < 1.29 is 9.59 Å². The molecular formula is C14H26ClN3O2. The van der Waals surface area contributed by atoms with Crippen LogP contribution in [0.2, 0.25) is 0 Å². The van der Waals surface area contributed by atoms with Gasteiger partial charge in [-0.3, -0.25) is 9.59 Å². The van der Waals surface area contributed by atoms with Crippen molar-refractivity contribution in [1.82, 2.24) is 10.2 Å². The maximum Gasteiger partial charge on any atom is 0.243 e. The topological polar surface area (TPSA) is 75.4 Å². The molecule has 0 aromatic rings. The van der Waals surface area contributed by atoms with Gasteiger partial charge in [-0.1, -0.05) is 6.92 Å². The van der Waals surface area contributed by atoms with E-state index in [9.17, 15) is 9.59 Å². The van der Waals surface area contributed by atoms with E-state index in [2.05, 4.69) is 5.32 Å². The lowest BCUT2D eigenvalue weighted by atomic mass is 9.91. The fourth-order valence-corrected chi connectivity index (χ4v) is 3.11. The molecular weight excluding hydrogens is 278 g/mol. The van der Waals surface area contributed by atoms with E-state index in [1.807, 2.05) is 6.92 Å². The van der Waals surface area contributed by atoms with Gasteiger partial charge in [0.1, 0.15) is 6.04 Å². The number of carbonyl (C=O) groups excluding carboxylic acids is 2. The van der Waals surface area contributed by atoms with Crippen LogP contribution in [-0.2, 0) is 9.59 Å². The molecule has 1 heterocycles. The Morgan fingerprint density at radius 3 is 2.55 bits per heavy atom. The summed E-state index contributed by atoms with van der Waals surface area (Å²) in [7, 11) is 0. The maximum absolute atomic E-state index is 12.3. The molecule has 0 radical (unpaired) electrons. The van der Waals surface area contributed by atoms with E-state index in [1.54, 1.807) is 4.90 Å². The normalized spacial score (nSPS) is 27.9. The van der Waals surface area contributed by atoms with Crippen molar-refractivity contribution in [1.29, 1.82) is 0 Å². The fourth-order valence-electron chi connectivity index (χ4n) is 3.11. The minimum absolute atomic E-state index is 0. The van der Waals surface area contributed by atoms with Crippen LogP contribution < -0.4 is 11.1 Å². The molecule has 3 N–H and O–H groups in total.